The molecule has 156 valence electrons. The van der Waals surface area contributed by atoms with Crippen molar-refractivity contribution in [2.75, 3.05) is 44.0 Å². The van der Waals surface area contributed by atoms with Gasteiger partial charge in [0.05, 0.1) is 19.0 Å². The predicted octanol–water partition coefficient (Wildman–Crippen LogP) is 2.66. The van der Waals surface area contributed by atoms with Crippen molar-refractivity contribution in [3.63, 3.8) is 0 Å². The Bertz CT molecular complexity index is 1040. The zero-order valence-electron chi connectivity index (χ0n) is 16.1. The van der Waals surface area contributed by atoms with Gasteiger partial charge in [-0.25, -0.2) is 0 Å². The lowest BCUT2D eigenvalue weighted by atomic mass is 10.1. The molecule has 0 aliphatic carbocycles. The highest BCUT2D eigenvalue weighted by atomic mass is 32.2. The topological polar surface area (TPSA) is 93.7 Å². The highest BCUT2D eigenvalue weighted by Crippen LogP contribution is 2.26. The van der Waals surface area contributed by atoms with Crippen LogP contribution in [0.1, 0.15) is 0 Å². The van der Waals surface area contributed by atoms with E-state index >= 15 is 0 Å². The maximum Gasteiger partial charge on any atom is 0.264 e. The summed E-state index contributed by atoms with van der Waals surface area (Å²) in [6.07, 6.45) is 0. The van der Waals surface area contributed by atoms with Crippen molar-refractivity contribution >= 4 is 50.8 Å². The van der Waals surface area contributed by atoms with Crippen LogP contribution < -0.4 is 10.1 Å². The Morgan fingerprint density at radius 3 is 2.77 bits per heavy atom. The van der Waals surface area contributed by atoms with E-state index in [9.17, 15) is 9.59 Å². The zero-order valence-corrected chi connectivity index (χ0v) is 17.7. The molecular weight excluding hydrogens is 424 g/mol. The van der Waals surface area contributed by atoms with Gasteiger partial charge >= 0.3 is 0 Å². The number of ether oxygens (including phenoxy) is 2. The highest BCUT2D eigenvalue weighted by Gasteiger charge is 2.18. The number of benzene rings is 2. The number of amides is 2. The first-order chi connectivity index (χ1) is 14.7. The molecule has 2 aromatic carbocycles. The van der Waals surface area contributed by atoms with Crippen LogP contribution in [0.5, 0.6) is 5.75 Å². The van der Waals surface area contributed by atoms with Gasteiger partial charge in [-0.3, -0.25) is 14.9 Å². The first-order valence-electron chi connectivity index (χ1n) is 9.41. The van der Waals surface area contributed by atoms with Gasteiger partial charge in [-0.15, -0.1) is 10.2 Å². The molecule has 0 bridgehead atoms. The molecule has 0 unspecified atom stereocenters. The summed E-state index contributed by atoms with van der Waals surface area (Å²) in [5, 5.41) is 13.2. The summed E-state index contributed by atoms with van der Waals surface area (Å²) in [6, 6.07) is 13.6. The monoisotopic (exact) mass is 444 g/mol. The van der Waals surface area contributed by atoms with Crippen LogP contribution in [0.15, 0.2) is 46.8 Å². The molecule has 1 fully saturated rings. The summed E-state index contributed by atoms with van der Waals surface area (Å²) >= 11 is 2.54. The van der Waals surface area contributed by atoms with E-state index in [2.05, 4.69) is 15.5 Å². The van der Waals surface area contributed by atoms with Gasteiger partial charge in [0.2, 0.25) is 11.0 Å². The van der Waals surface area contributed by atoms with Crippen LogP contribution in [0.2, 0.25) is 0 Å². The van der Waals surface area contributed by atoms with E-state index in [0.29, 0.717) is 41.5 Å². The SMILES string of the molecule is O=C(COc1ccc2ccccc2c1)Nc1nnc(SCC(=O)N2CCOCC2)s1. The smallest absolute Gasteiger partial charge is 0.264 e. The molecule has 0 atom stereocenters. The molecule has 1 aromatic heterocycles. The van der Waals surface area contributed by atoms with Gasteiger partial charge in [0.15, 0.2) is 10.9 Å². The maximum absolute atomic E-state index is 12.2. The van der Waals surface area contributed by atoms with E-state index in [1.807, 2.05) is 42.5 Å². The molecule has 2 amide bonds. The molecule has 3 aromatic rings. The van der Waals surface area contributed by atoms with Gasteiger partial charge in [-0.05, 0) is 22.9 Å². The lowest BCUT2D eigenvalue weighted by Crippen LogP contribution is -2.41. The molecular formula is C20H20N4O4S2. The second kappa shape index (κ2) is 9.88. The minimum absolute atomic E-state index is 0.0490. The third-order valence-electron chi connectivity index (χ3n) is 4.43. The minimum atomic E-state index is -0.319. The molecule has 8 nitrogen and oxygen atoms in total. The second-order valence-corrected chi connectivity index (χ2v) is 8.70. The average molecular weight is 445 g/mol. The molecule has 30 heavy (non-hydrogen) atoms. The maximum atomic E-state index is 12.2. The van der Waals surface area contributed by atoms with Crippen molar-refractivity contribution in [1.29, 1.82) is 0 Å². The van der Waals surface area contributed by atoms with Crippen LogP contribution in [0.4, 0.5) is 5.13 Å². The summed E-state index contributed by atoms with van der Waals surface area (Å²) in [7, 11) is 0. The number of anilines is 1. The zero-order chi connectivity index (χ0) is 20.8. The van der Waals surface area contributed by atoms with Crippen LogP contribution in [-0.2, 0) is 14.3 Å². The number of nitrogens with zero attached hydrogens (tertiary/aromatic N) is 3. The fourth-order valence-corrected chi connectivity index (χ4v) is 4.58. The van der Waals surface area contributed by atoms with Gasteiger partial charge < -0.3 is 14.4 Å². The summed E-state index contributed by atoms with van der Waals surface area (Å²) in [6.45, 7) is 2.26. The standard InChI is InChI=1S/C20H20N4O4S2/c25-17(12-28-16-6-5-14-3-1-2-4-15(14)11-16)21-19-22-23-20(30-19)29-13-18(26)24-7-9-27-10-8-24/h1-6,11H,7-10,12-13H2,(H,21,22,25). The molecule has 1 aliphatic rings. The van der Waals surface area contributed by atoms with Crippen molar-refractivity contribution in [2.45, 2.75) is 4.34 Å². The van der Waals surface area contributed by atoms with E-state index in [4.69, 9.17) is 9.47 Å². The summed E-state index contributed by atoms with van der Waals surface area (Å²) in [5.74, 6) is 0.639. The third-order valence-corrected chi connectivity index (χ3v) is 6.38. The first-order valence-corrected chi connectivity index (χ1v) is 11.2. The number of fused-ring (bicyclic) bond motifs is 1. The Labute approximate surface area is 181 Å². The molecule has 0 radical (unpaired) electrons. The third kappa shape index (κ3) is 5.47. The van der Waals surface area contributed by atoms with Crippen molar-refractivity contribution in [3.05, 3.63) is 42.5 Å². The van der Waals surface area contributed by atoms with Crippen molar-refractivity contribution in [3.8, 4) is 5.75 Å². The fraction of sp³-hybridized carbons (Fsp3) is 0.300. The summed E-state index contributed by atoms with van der Waals surface area (Å²) in [5.41, 5.74) is 0. The van der Waals surface area contributed by atoms with Gasteiger partial charge in [0, 0.05) is 13.1 Å². The summed E-state index contributed by atoms with van der Waals surface area (Å²) < 4.78 is 11.5. The molecule has 1 saturated heterocycles. The van der Waals surface area contributed by atoms with Gasteiger partial charge in [0.25, 0.3) is 5.91 Å². The molecule has 1 N–H and O–H groups in total. The molecule has 10 heteroatoms. The number of hydrogen-bond acceptors (Lipinski definition) is 8. The average Bonchev–Trinajstić information content (AvgIpc) is 3.23. The Balaban J connectivity index is 1.23. The number of thioether (sulfide) groups is 1. The van der Waals surface area contributed by atoms with Crippen LogP contribution in [-0.4, -0.2) is 65.6 Å². The van der Waals surface area contributed by atoms with E-state index in [1.54, 1.807) is 4.90 Å². The lowest BCUT2D eigenvalue weighted by molar-refractivity contribution is -0.132. The molecule has 0 saturated carbocycles. The van der Waals surface area contributed by atoms with Crippen molar-refractivity contribution < 1.29 is 19.1 Å². The van der Waals surface area contributed by atoms with Crippen LogP contribution >= 0.6 is 23.1 Å². The molecule has 1 aliphatic heterocycles. The number of rotatable bonds is 7. The largest absolute Gasteiger partial charge is 0.484 e. The number of hydrogen-bond donors (Lipinski definition) is 1. The quantitative estimate of drug-likeness (QED) is 0.442. The number of carbonyl (C=O) groups excluding carboxylic acids is 2. The van der Waals surface area contributed by atoms with Gasteiger partial charge in [0.1, 0.15) is 5.75 Å². The predicted molar refractivity (Wildman–Crippen MR) is 116 cm³/mol. The molecule has 2 heterocycles. The number of aromatic nitrogens is 2. The lowest BCUT2D eigenvalue weighted by Gasteiger charge is -2.26. The number of morpholine rings is 1. The van der Waals surface area contributed by atoms with Crippen LogP contribution in [0.25, 0.3) is 10.8 Å². The summed E-state index contributed by atoms with van der Waals surface area (Å²) in [4.78, 5) is 26.1. The molecule has 0 spiro atoms. The molecule has 4 rings (SSSR count). The second-order valence-electron chi connectivity index (χ2n) is 6.50. The van der Waals surface area contributed by atoms with E-state index in [1.165, 1.54) is 23.1 Å². The van der Waals surface area contributed by atoms with E-state index in [0.717, 1.165) is 10.8 Å². The normalized spacial score (nSPS) is 13.9. The van der Waals surface area contributed by atoms with Crippen LogP contribution in [0, 0.1) is 0 Å². The number of carbonyl (C=O) groups is 2. The highest BCUT2D eigenvalue weighted by molar-refractivity contribution is 8.01. The minimum Gasteiger partial charge on any atom is -0.484 e. The fourth-order valence-electron chi connectivity index (χ4n) is 2.91. The Kier molecular flexibility index (Phi) is 6.77. The van der Waals surface area contributed by atoms with Crippen molar-refractivity contribution in [2.24, 2.45) is 0 Å². The first kappa shape index (κ1) is 20.6. The van der Waals surface area contributed by atoms with Gasteiger partial charge in [-0.2, -0.15) is 0 Å². The Morgan fingerprint density at radius 1 is 1.13 bits per heavy atom. The van der Waals surface area contributed by atoms with Gasteiger partial charge in [-0.1, -0.05) is 53.4 Å². The van der Waals surface area contributed by atoms with E-state index < -0.39 is 0 Å². The van der Waals surface area contributed by atoms with Crippen LogP contribution in [0.3, 0.4) is 0 Å². The van der Waals surface area contributed by atoms with E-state index in [-0.39, 0.29) is 24.2 Å². The Hall–Kier alpha value is -2.69. The van der Waals surface area contributed by atoms with Crippen molar-refractivity contribution in [1.82, 2.24) is 15.1 Å². The Morgan fingerprint density at radius 2 is 1.93 bits per heavy atom. The number of nitrogens with one attached hydrogen (secondary N) is 1.